The maximum atomic E-state index is 10.0. The molecular formula is C19H44O9P2. The molecule has 0 aromatic heterocycles. The second-order valence-corrected chi connectivity index (χ2v) is 9.28. The zero-order valence-corrected chi connectivity index (χ0v) is 20.1. The van der Waals surface area contributed by atoms with Crippen LogP contribution in [0.5, 0.6) is 0 Å². The fourth-order valence-corrected chi connectivity index (χ4v) is 3.54. The van der Waals surface area contributed by atoms with Crippen LogP contribution in [0, 0.1) is 5.41 Å². The molecule has 0 heterocycles. The first kappa shape index (κ1) is 32.7. The fourth-order valence-electron chi connectivity index (χ4n) is 3.02. The summed E-state index contributed by atoms with van der Waals surface area (Å²) in [4.78, 5) is 31.3. The number of rotatable bonds is 19. The smallest absolute Gasteiger partial charge is 0.334 e. The molecule has 0 amide bonds. The molecule has 1 atom stereocenters. The third-order valence-corrected chi connectivity index (χ3v) is 6.30. The van der Waals surface area contributed by atoms with E-state index in [1.54, 1.807) is 0 Å². The minimum atomic E-state index is -2.61. The van der Waals surface area contributed by atoms with Crippen molar-refractivity contribution in [3.8, 4) is 0 Å². The SMILES string of the molecule is CCCCCCCCCCCCCCC(O)C(CO)(CO)CO.OP(O)OP(O)O. The molecule has 0 aromatic rings. The first-order chi connectivity index (χ1) is 14.3. The highest BCUT2D eigenvalue weighted by Crippen LogP contribution is 2.41. The van der Waals surface area contributed by atoms with E-state index < -0.39 is 28.7 Å². The van der Waals surface area contributed by atoms with Gasteiger partial charge in [-0.1, -0.05) is 84.0 Å². The van der Waals surface area contributed by atoms with Crippen LogP contribution in [0.2, 0.25) is 0 Å². The van der Waals surface area contributed by atoms with Gasteiger partial charge in [-0.05, 0) is 6.42 Å². The molecule has 0 saturated heterocycles. The minimum Gasteiger partial charge on any atom is -0.396 e. The highest BCUT2D eigenvalue weighted by molar-refractivity contribution is 7.53. The van der Waals surface area contributed by atoms with Crippen LogP contribution in [0.3, 0.4) is 0 Å². The Balaban J connectivity index is 0. The molecule has 0 fully saturated rings. The predicted octanol–water partition coefficient (Wildman–Crippen LogP) is 2.83. The van der Waals surface area contributed by atoms with Crippen molar-refractivity contribution in [2.45, 2.75) is 96.5 Å². The van der Waals surface area contributed by atoms with Gasteiger partial charge in [-0.3, -0.25) is 0 Å². The second-order valence-electron chi connectivity index (χ2n) is 7.62. The fraction of sp³-hybridized carbons (Fsp3) is 1.00. The van der Waals surface area contributed by atoms with Crippen LogP contribution < -0.4 is 0 Å². The van der Waals surface area contributed by atoms with Crippen LogP contribution in [0.4, 0.5) is 0 Å². The number of unbranched alkanes of at least 4 members (excludes halogenated alkanes) is 11. The van der Waals surface area contributed by atoms with Gasteiger partial charge in [0.2, 0.25) is 0 Å². The Labute approximate surface area is 183 Å². The minimum absolute atomic E-state index is 0.389. The standard InChI is InChI=1S/C19H40O4.H4O5P2/c1-2-3-4-5-6-7-8-9-10-11-12-13-14-18(23)19(15-20,16-21)17-22;1-6(2)5-7(3)4/h18,20-23H,2-17H2,1H3;1-4H. The lowest BCUT2D eigenvalue weighted by Gasteiger charge is -2.32. The van der Waals surface area contributed by atoms with Gasteiger partial charge >= 0.3 is 17.2 Å². The quantitative estimate of drug-likeness (QED) is 0.103. The summed E-state index contributed by atoms with van der Waals surface area (Å²) in [6.07, 6.45) is 14.8. The number of hydrogen-bond acceptors (Lipinski definition) is 9. The van der Waals surface area contributed by atoms with E-state index >= 15 is 0 Å². The summed E-state index contributed by atoms with van der Waals surface area (Å²) >= 11 is 0. The molecule has 184 valence electrons. The van der Waals surface area contributed by atoms with Crippen molar-refractivity contribution in [2.75, 3.05) is 19.8 Å². The van der Waals surface area contributed by atoms with Crippen molar-refractivity contribution in [1.82, 2.24) is 0 Å². The van der Waals surface area contributed by atoms with Crippen LogP contribution in [-0.4, -0.2) is 65.9 Å². The average molecular weight is 479 g/mol. The summed E-state index contributed by atoms with van der Waals surface area (Å²) in [6, 6.07) is 0. The first-order valence-corrected chi connectivity index (χ1v) is 13.2. The second kappa shape index (κ2) is 22.7. The Morgan fingerprint density at radius 3 is 1.23 bits per heavy atom. The van der Waals surface area contributed by atoms with Gasteiger partial charge in [0.05, 0.1) is 31.3 Å². The number of hydrogen-bond donors (Lipinski definition) is 8. The molecule has 0 saturated carbocycles. The normalized spacial score (nSPS) is 12.9. The van der Waals surface area contributed by atoms with E-state index in [-0.39, 0.29) is 19.8 Å². The van der Waals surface area contributed by atoms with Crippen molar-refractivity contribution >= 4 is 17.2 Å². The summed E-state index contributed by atoms with van der Waals surface area (Å²) < 4.78 is 3.60. The van der Waals surface area contributed by atoms with E-state index in [4.69, 9.17) is 19.6 Å². The molecule has 8 N–H and O–H groups in total. The summed E-state index contributed by atoms with van der Waals surface area (Å²) in [7, 11) is -5.22. The highest BCUT2D eigenvalue weighted by Gasteiger charge is 2.35. The molecule has 0 rings (SSSR count). The largest absolute Gasteiger partial charge is 0.396 e. The van der Waals surface area contributed by atoms with Crippen LogP contribution in [0.1, 0.15) is 90.4 Å². The van der Waals surface area contributed by atoms with Crippen molar-refractivity contribution in [2.24, 2.45) is 5.41 Å². The summed E-state index contributed by atoms with van der Waals surface area (Å²) in [5.41, 5.74) is -1.15. The Morgan fingerprint density at radius 2 is 0.967 bits per heavy atom. The Hall–Kier alpha value is 0.500. The molecule has 0 aromatic carbocycles. The zero-order chi connectivity index (χ0) is 23.3. The lowest BCUT2D eigenvalue weighted by atomic mass is 9.82. The van der Waals surface area contributed by atoms with Gasteiger partial charge in [0.15, 0.2) is 0 Å². The summed E-state index contributed by atoms with van der Waals surface area (Å²) in [6.45, 7) is 1.08. The van der Waals surface area contributed by atoms with Crippen molar-refractivity contribution in [1.29, 1.82) is 0 Å². The van der Waals surface area contributed by atoms with Gasteiger partial charge in [0.1, 0.15) is 0 Å². The van der Waals surface area contributed by atoms with Gasteiger partial charge in [-0.15, -0.1) is 0 Å². The van der Waals surface area contributed by atoms with Crippen molar-refractivity contribution in [3.05, 3.63) is 0 Å². The molecule has 0 aliphatic rings. The maximum absolute atomic E-state index is 10.0. The van der Waals surface area contributed by atoms with E-state index in [1.165, 1.54) is 64.2 Å². The van der Waals surface area contributed by atoms with E-state index in [9.17, 15) is 20.4 Å². The molecule has 0 bridgehead atoms. The molecule has 0 spiro atoms. The highest BCUT2D eigenvalue weighted by atomic mass is 31.2. The monoisotopic (exact) mass is 478 g/mol. The summed E-state index contributed by atoms with van der Waals surface area (Å²) in [5.74, 6) is 0. The molecule has 11 heteroatoms. The van der Waals surface area contributed by atoms with Gasteiger partial charge in [0.25, 0.3) is 0 Å². The maximum Gasteiger partial charge on any atom is 0.334 e. The zero-order valence-electron chi connectivity index (χ0n) is 18.3. The van der Waals surface area contributed by atoms with Crippen LogP contribution in [0.15, 0.2) is 0 Å². The van der Waals surface area contributed by atoms with Crippen LogP contribution >= 0.6 is 17.2 Å². The van der Waals surface area contributed by atoms with Crippen molar-refractivity contribution in [3.63, 3.8) is 0 Å². The topological polar surface area (TPSA) is 171 Å². The first-order valence-electron chi connectivity index (χ1n) is 10.8. The molecule has 30 heavy (non-hydrogen) atoms. The number of aliphatic hydroxyl groups excluding tert-OH is 4. The van der Waals surface area contributed by atoms with Gasteiger partial charge in [-0.25, -0.2) is 4.31 Å². The Morgan fingerprint density at radius 1 is 0.633 bits per heavy atom. The summed E-state index contributed by atoms with van der Waals surface area (Å²) in [5, 5.41) is 37.8. The Bertz CT molecular complexity index is 332. The average Bonchev–Trinajstić information content (AvgIpc) is 2.70. The lowest BCUT2D eigenvalue weighted by Crippen LogP contribution is -2.45. The predicted molar refractivity (Wildman–Crippen MR) is 119 cm³/mol. The molecule has 1 unspecified atom stereocenters. The van der Waals surface area contributed by atoms with E-state index in [0.717, 1.165) is 12.8 Å². The Kier molecular flexibility index (Phi) is 24.7. The van der Waals surface area contributed by atoms with E-state index in [1.807, 2.05) is 0 Å². The number of aliphatic hydroxyl groups is 4. The molecule has 0 aliphatic heterocycles. The lowest BCUT2D eigenvalue weighted by molar-refractivity contribution is -0.0863. The van der Waals surface area contributed by atoms with Crippen LogP contribution in [0.25, 0.3) is 0 Å². The van der Waals surface area contributed by atoms with Gasteiger partial charge in [0, 0.05) is 0 Å². The van der Waals surface area contributed by atoms with Gasteiger partial charge in [-0.2, -0.15) is 0 Å². The van der Waals surface area contributed by atoms with Gasteiger partial charge < -0.3 is 40.0 Å². The third-order valence-electron chi connectivity index (χ3n) is 5.13. The van der Waals surface area contributed by atoms with E-state index in [2.05, 4.69) is 11.2 Å². The third kappa shape index (κ3) is 19.2. The van der Waals surface area contributed by atoms with Crippen LogP contribution in [-0.2, 0) is 4.31 Å². The molecule has 0 aliphatic carbocycles. The molecule has 0 radical (unpaired) electrons. The van der Waals surface area contributed by atoms with E-state index in [0.29, 0.717) is 6.42 Å². The molecular weight excluding hydrogens is 434 g/mol. The van der Waals surface area contributed by atoms with Crippen molar-refractivity contribution < 1.29 is 44.3 Å². The molecule has 9 nitrogen and oxygen atoms in total.